The summed E-state index contributed by atoms with van der Waals surface area (Å²) in [5.41, 5.74) is 2.47. The Kier molecular flexibility index (Phi) is 7.05. The predicted octanol–water partition coefficient (Wildman–Crippen LogP) is 5.07. The molecular weight excluding hydrogens is 429 g/mol. The number of thioether (sulfide) groups is 1. The van der Waals surface area contributed by atoms with E-state index in [2.05, 4.69) is 21.6 Å². The van der Waals surface area contributed by atoms with Gasteiger partial charge in [0.1, 0.15) is 0 Å². The number of nitrogens with zero attached hydrogens (tertiary/aromatic N) is 4. The van der Waals surface area contributed by atoms with Crippen molar-refractivity contribution in [1.29, 1.82) is 0 Å². The van der Waals surface area contributed by atoms with Crippen molar-refractivity contribution in [1.82, 2.24) is 14.8 Å². The van der Waals surface area contributed by atoms with Crippen molar-refractivity contribution in [3.8, 4) is 11.4 Å². The molecule has 3 rings (SSSR count). The van der Waals surface area contributed by atoms with Gasteiger partial charge in [-0.25, -0.2) is 0 Å². The van der Waals surface area contributed by atoms with Crippen molar-refractivity contribution in [3.05, 3.63) is 52.5 Å². The summed E-state index contributed by atoms with van der Waals surface area (Å²) in [4.78, 5) is 14.4. The molecule has 0 aliphatic heterocycles. The first kappa shape index (κ1) is 21.5. The molecule has 6 nitrogen and oxygen atoms in total. The number of carbonyl (C=O) groups is 1. The molecule has 0 aliphatic rings. The molecule has 0 saturated carbocycles. The molecule has 1 N–H and O–H groups in total. The highest BCUT2D eigenvalue weighted by Crippen LogP contribution is 2.30. The van der Waals surface area contributed by atoms with Crippen LogP contribution in [0.1, 0.15) is 6.92 Å². The van der Waals surface area contributed by atoms with E-state index in [0.29, 0.717) is 27.4 Å². The number of halogens is 2. The second-order valence-corrected chi connectivity index (χ2v) is 8.19. The van der Waals surface area contributed by atoms with Gasteiger partial charge in [-0.1, -0.05) is 53.2 Å². The van der Waals surface area contributed by atoms with Gasteiger partial charge in [-0.3, -0.25) is 4.79 Å². The van der Waals surface area contributed by atoms with Crippen molar-refractivity contribution in [2.45, 2.75) is 18.6 Å². The second-order valence-electron chi connectivity index (χ2n) is 6.43. The van der Waals surface area contributed by atoms with Crippen molar-refractivity contribution in [2.24, 2.45) is 0 Å². The van der Waals surface area contributed by atoms with Crippen LogP contribution in [-0.4, -0.2) is 40.5 Å². The van der Waals surface area contributed by atoms with Crippen LogP contribution >= 0.6 is 35.0 Å². The maximum absolute atomic E-state index is 12.4. The lowest BCUT2D eigenvalue weighted by Crippen LogP contribution is -2.15. The van der Waals surface area contributed by atoms with E-state index in [0.717, 1.165) is 17.1 Å². The number of hydrogen-bond donors (Lipinski definition) is 1. The van der Waals surface area contributed by atoms with Crippen LogP contribution in [0.2, 0.25) is 10.0 Å². The lowest BCUT2D eigenvalue weighted by molar-refractivity contribution is -0.113. The Balaban J connectivity index is 1.74. The van der Waals surface area contributed by atoms with Crippen LogP contribution in [0.3, 0.4) is 0 Å². The molecule has 0 spiro atoms. The highest BCUT2D eigenvalue weighted by Gasteiger charge is 2.16. The number of benzene rings is 2. The normalized spacial score (nSPS) is 10.8. The number of nitrogens with one attached hydrogen (secondary N) is 1. The summed E-state index contributed by atoms with van der Waals surface area (Å²) < 4.78 is 2.00. The largest absolute Gasteiger partial charge is 0.378 e. The average molecular weight is 450 g/mol. The smallest absolute Gasteiger partial charge is 0.234 e. The van der Waals surface area contributed by atoms with Gasteiger partial charge in [-0.15, -0.1) is 10.2 Å². The Morgan fingerprint density at radius 1 is 1.14 bits per heavy atom. The fourth-order valence-electron chi connectivity index (χ4n) is 2.74. The molecule has 0 radical (unpaired) electrons. The molecule has 152 valence electrons. The minimum atomic E-state index is -0.216. The first-order valence-corrected chi connectivity index (χ1v) is 10.7. The van der Waals surface area contributed by atoms with Crippen molar-refractivity contribution < 1.29 is 4.79 Å². The summed E-state index contributed by atoms with van der Waals surface area (Å²) in [6.45, 7) is 2.71. The van der Waals surface area contributed by atoms with E-state index in [1.165, 1.54) is 11.8 Å². The maximum Gasteiger partial charge on any atom is 0.234 e. The van der Waals surface area contributed by atoms with E-state index in [-0.39, 0.29) is 11.7 Å². The summed E-state index contributed by atoms with van der Waals surface area (Å²) in [5, 5.41) is 12.9. The second kappa shape index (κ2) is 9.52. The molecule has 1 aromatic heterocycles. The topological polar surface area (TPSA) is 63.1 Å². The maximum atomic E-state index is 12.4. The van der Waals surface area contributed by atoms with Crippen LogP contribution in [0.25, 0.3) is 11.4 Å². The van der Waals surface area contributed by atoms with Gasteiger partial charge in [0.05, 0.1) is 21.5 Å². The predicted molar refractivity (Wildman–Crippen MR) is 121 cm³/mol. The van der Waals surface area contributed by atoms with Crippen molar-refractivity contribution >= 4 is 52.2 Å². The molecule has 9 heteroatoms. The molecule has 0 bridgehead atoms. The standard InChI is InChI=1S/C20H21Cl2N5OS/c1-4-27-19(13-7-5-8-14(11-13)26(2)3)24-25-20(27)29-12-17(28)23-18-15(21)9-6-10-16(18)22/h5-11H,4,12H2,1-3H3,(H,23,28). The molecule has 1 heterocycles. The first-order chi connectivity index (χ1) is 13.9. The molecule has 2 aromatic carbocycles. The van der Waals surface area contributed by atoms with Gasteiger partial charge in [0.25, 0.3) is 0 Å². The minimum Gasteiger partial charge on any atom is -0.378 e. The number of anilines is 2. The number of hydrogen-bond acceptors (Lipinski definition) is 5. The molecule has 0 unspecified atom stereocenters. The van der Waals surface area contributed by atoms with Crippen LogP contribution in [0.15, 0.2) is 47.6 Å². The number of para-hydroxylation sites is 1. The highest BCUT2D eigenvalue weighted by molar-refractivity contribution is 7.99. The lowest BCUT2D eigenvalue weighted by Gasteiger charge is -2.14. The number of amides is 1. The monoisotopic (exact) mass is 449 g/mol. The zero-order valence-electron chi connectivity index (χ0n) is 16.3. The van der Waals surface area contributed by atoms with Crippen LogP contribution in [0.4, 0.5) is 11.4 Å². The van der Waals surface area contributed by atoms with Crippen LogP contribution in [0, 0.1) is 0 Å². The minimum absolute atomic E-state index is 0.164. The third-order valence-electron chi connectivity index (χ3n) is 4.21. The van der Waals surface area contributed by atoms with E-state index in [1.807, 2.05) is 48.7 Å². The number of aromatic nitrogens is 3. The Labute approximate surface area is 184 Å². The Morgan fingerprint density at radius 2 is 1.83 bits per heavy atom. The first-order valence-electron chi connectivity index (χ1n) is 8.98. The third kappa shape index (κ3) is 5.04. The molecule has 3 aromatic rings. The van der Waals surface area contributed by atoms with Gasteiger partial charge >= 0.3 is 0 Å². The average Bonchev–Trinajstić information content (AvgIpc) is 3.12. The summed E-state index contributed by atoms with van der Waals surface area (Å²) in [6, 6.07) is 13.2. The molecule has 0 aliphatic carbocycles. The van der Waals surface area contributed by atoms with E-state index >= 15 is 0 Å². The van der Waals surface area contributed by atoms with Crippen LogP contribution < -0.4 is 10.2 Å². The Bertz CT molecular complexity index is 1000. The molecule has 0 fully saturated rings. The van der Waals surface area contributed by atoms with Gasteiger partial charge in [0.2, 0.25) is 5.91 Å². The zero-order chi connectivity index (χ0) is 21.0. The van der Waals surface area contributed by atoms with E-state index in [9.17, 15) is 4.79 Å². The molecule has 0 saturated heterocycles. The van der Waals surface area contributed by atoms with Gasteiger partial charge < -0.3 is 14.8 Å². The summed E-state index contributed by atoms with van der Waals surface area (Å²) in [7, 11) is 3.99. The fourth-order valence-corrected chi connectivity index (χ4v) is 4.03. The zero-order valence-corrected chi connectivity index (χ0v) is 18.6. The van der Waals surface area contributed by atoms with Crippen LogP contribution in [0.5, 0.6) is 0 Å². The van der Waals surface area contributed by atoms with Crippen molar-refractivity contribution in [3.63, 3.8) is 0 Å². The van der Waals surface area contributed by atoms with Crippen LogP contribution in [-0.2, 0) is 11.3 Å². The lowest BCUT2D eigenvalue weighted by atomic mass is 10.2. The van der Waals surface area contributed by atoms with Gasteiger partial charge in [-0.05, 0) is 31.2 Å². The molecular formula is C20H21Cl2N5OS. The van der Waals surface area contributed by atoms with Crippen molar-refractivity contribution in [2.75, 3.05) is 30.1 Å². The summed E-state index contributed by atoms with van der Waals surface area (Å²) in [6.07, 6.45) is 0. The van der Waals surface area contributed by atoms with Gasteiger partial charge in [-0.2, -0.15) is 0 Å². The third-order valence-corrected chi connectivity index (χ3v) is 5.81. The molecule has 29 heavy (non-hydrogen) atoms. The molecule has 1 amide bonds. The van der Waals surface area contributed by atoms with Gasteiger partial charge in [0, 0.05) is 31.9 Å². The molecule has 0 atom stereocenters. The Morgan fingerprint density at radius 3 is 2.48 bits per heavy atom. The summed E-state index contributed by atoms with van der Waals surface area (Å²) >= 11 is 13.5. The van der Waals surface area contributed by atoms with E-state index < -0.39 is 0 Å². The van der Waals surface area contributed by atoms with Gasteiger partial charge in [0.15, 0.2) is 11.0 Å². The fraction of sp³-hybridized carbons (Fsp3) is 0.250. The highest BCUT2D eigenvalue weighted by atomic mass is 35.5. The number of rotatable bonds is 7. The van der Waals surface area contributed by atoms with E-state index in [4.69, 9.17) is 23.2 Å². The summed E-state index contributed by atoms with van der Waals surface area (Å²) in [5.74, 6) is 0.720. The number of carbonyl (C=O) groups excluding carboxylic acids is 1. The quantitative estimate of drug-likeness (QED) is 0.510. The van der Waals surface area contributed by atoms with E-state index in [1.54, 1.807) is 18.2 Å². The Hall–Kier alpha value is -2.22. The SMILES string of the molecule is CCn1c(SCC(=O)Nc2c(Cl)cccc2Cl)nnc1-c1cccc(N(C)C)c1.